The minimum atomic E-state index is -0.621. The van der Waals surface area contributed by atoms with E-state index in [0.717, 1.165) is 21.3 Å². The van der Waals surface area contributed by atoms with Crippen LogP contribution in [-0.4, -0.2) is 44.8 Å². The van der Waals surface area contributed by atoms with Crippen LogP contribution >= 0.6 is 15.9 Å². The van der Waals surface area contributed by atoms with Crippen LogP contribution in [0.4, 0.5) is 10.5 Å². The standard InChI is InChI=1S/C20H19BrN6O2/c1-26-17-10-15(21)5-3-14(17)4-6-16(19(26)28)25-20(29)27-12-13(11-24-27)9-18-22-7-2-8-23-18/h2-3,5,7-8,10-12,16H,4,6,9H2,1H3,(H,25,29)/t16-/m1/s1. The van der Waals surface area contributed by atoms with Crippen LogP contribution in [-0.2, 0) is 17.6 Å². The minimum absolute atomic E-state index is 0.153. The molecule has 1 N–H and O–H groups in total. The molecule has 0 bridgehead atoms. The van der Waals surface area contributed by atoms with E-state index in [1.54, 1.807) is 42.8 Å². The van der Waals surface area contributed by atoms with Crippen molar-refractivity contribution in [2.24, 2.45) is 0 Å². The van der Waals surface area contributed by atoms with Gasteiger partial charge < -0.3 is 10.2 Å². The van der Waals surface area contributed by atoms with Crippen LogP contribution < -0.4 is 10.2 Å². The lowest BCUT2D eigenvalue weighted by Gasteiger charge is -2.22. The first-order chi connectivity index (χ1) is 14.0. The van der Waals surface area contributed by atoms with Gasteiger partial charge in [0.15, 0.2) is 0 Å². The summed E-state index contributed by atoms with van der Waals surface area (Å²) in [6.45, 7) is 0. The molecular formula is C20H19BrN6O2. The highest BCUT2D eigenvalue weighted by atomic mass is 79.9. The van der Waals surface area contributed by atoms with Crippen LogP contribution in [0.1, 0.15) is 23.4 Å². The van der Waals surface area contributed by atoms with Crippen LogP contribution in [0.15, 0.2) is 53.5 Å². The number of likely N-dealkylation sites (N-methyl/N-ethyl adjacent to an activating group) is 1. The number of anilines is 1. The molecule has 0 saturated carbocycles. The SMILES string of the molecule is CN1C(=O)[C@H](NC(=O)n2cc(Cc3ncccn3)cn2)CCc2ccc(Br)cc21. The summed E-state index contributed by atoms with van der Waals surface area (Å²) in [4.78, 5) is 35.5. The van der Waals surface area contributed by atoms with Gasteiger partial charge in [0, 0.05) is 42.2 Å². The zero-order valence-corrected chi connectivity index (χ0v) is 17.3. The summed E-state index contributed by atoms with van der Waals surface area (Å²) in [6, 6.07) is 6.56. The molecule has 2 amide bonds. The van der Waals surface area contributed by atoms with E-state index in [-0.39, 0.29) is 5.91 Å². The summed E-state index contributed by atoms with van der Waals surface area (Å²) in [6.07, 6.45) is 8.26. The van der Waals surface area contributed by atoms with Gasteiger partial charge in [-0.15, -0.1) is 0 Å². The molecule has 3 heterocycles. The monoisotopic (exact) mass is 454 g/mol. The smallest absolute Gasteiger partial charge is 0.324 e. The number of nitrogens with zero attached hydrogens (tertiary/aromatic N) is 5. The molecule has 148 valence electrons. The van der Waals surface area contributed by atoms with Gasteiger partial charge in [-0.05, 0) is 42.2 Å². The zero-order chi connectivity index (χ0) is 20.4. The highest BCUT2D eigenvalue weighted by Gasteiger charge is 2.29. The van der Waals surface area contributed by atoms with Crippen molar-refractivity contribution in [3.63, 3.8) is 0 Å². The molecule has 0 radical (unpaired) electrons. The van der Waals surface area contributed by atoms with Crippen molar-refractivity contribution in [1.29, 1.82) is 0 Å². The summed E-state index contributed by atoms with van der Waals surface area (Å²) in [5.74, 6) is 0.497. The van der Waals surface area contributed by atoms with Crippen molar-refractivity contribution in [3.05, 3.63) is 70.5 Å². The summed E-state index contributed by atoms with van der Waals surface area (Å²) in [5.41, 5.74) is 2.74. The van der Waals surface area contributed by atoms with Crippen LogP contribution in [0.3, 0.4) is 0 Å². The number of amides is 2. The van der Waals surface area contributed by atoms with Crippen LogP contribution in [0.5, 0.6) is 0 Å². The second kappa shape index (κ2) is 8.12. The Hall–Kier alpha value is -3.07. The number of rotatable bonds is 3. The molecular weight excluding hydrogens is 436 g/mol. The number of fused-ring (bicyclic) bond motifs is 1. The Balaban J connectivity index is 1.45. The number of carbonyl (C=O) groups is 2. The minimum Gasteiger partial charge on any atom is -0.324 e. The van der Waals surface area contributed by atoms with Crippen LogP contribution in [0.2, 0.25) is 0 Å². The summed E-state index contributed by atoms with van der Waals surface area (Å²) >= 11 is 3.45. The number of halogens is 1. The third-order valence-electron chi connectivity index (χ3n) is 4.86. The number of benzene rings is 1. The first-order valence-electron chi connectivity index (χ1n) is 9.17. The van der Waals surface area contributed by atoms with Crippen molar-refractivity contribution >= 4 is 33.6 Å². The molecule has 1 atom stereocenters. The maximum Gasteiger partial charge on any atom is 0.342 e. The van der Waals surface area contributed by atoms with E-state index in [0.29, 0.717) is 25.1 Å². The molecule has 1 aromatic carbocycles. The van der Waals surface area contributed by atoms with Gasteiger partial charge in [-0.2, -0.15) is 9.78 Å². The van der Waals surface area contributed by atoms with E-state index < -0.39 is 12.1 Å². The second-order valence-corrected chi connectivity index (χ2v) is 7.76. The fraction of sp³-hybridized carbons (Fsp3) is 0.250. The zero-order valence-electron chi connectivity index (χ0n) is 15.7. The van der Waals surface area contributed by atoms with E-state index >= 15 is 0 Å². The van der Waals surface area contributed by atoms with Gasteiger partial charge in [0.05, 0.1) is 6.20 Å². The number of hydrogen-bond acceptors (Lipinski definition) is 5. The molecule has 3 aromatic rings. The normalized spacial score (nSPS) is 16.3. The van der Waals surface area contributed by atoms with Crippen molar-refractivity contribution in [2.45, 2.75) is 25.3 Å². The second-order valence-electron chi connectivity index (χ2n) is 6.85. The Kier molecular flexibility index (Phi) is 5.39. The fourth-order valence-corrected chi connectivity index (χ4v) is 3.70. The molecule has 0 saturated heterocycles. The van der Waals surface area contributed by atoms with Gasteiger partial charge >= 0.3 is 6.03 Å². The maximum atomic E-state index is 12.9. The number of aryl methyl sites for hydroxylation is 1. The lowest BCUT2D eigenvalue weighted by molar-refractivity contribution is -0.120. The van der Waals surface area contributed by atoms with Crippen LogP contribution in [0, 0.1) is 0 Å². The van der Waals surface area contributed by atoms with Gasteiger partial charge in [0.2, 0.25) is 5.91 Å². The van der Waals surface area contributed by atoms with Gasteiger partial charge in [-0.25, -0.2) is 14.8 Å². The van der Waals surface area contributed by atoms with Gasteiger partial charge in [0.25, 0.3) is 0 Å². The van der Waals surface area contributed by atoms with Crippen LogP contribution in [0.25, 0.3) is 0 Å². The average Bonchev–Trinajstić information content (AvgIpc) is 3.16. The summed E-state index contributed by atoms with van der Waals surface area (Å²) in [5, 5.41) is 6.92. The molecule has 0 spiro atoms. The molecule has 0 fully saturated rings. The Labute approximate surface area is 176 Å². The maximum absolute atomic E-state index is 12.9. The molecule has 29 heavy (non-hydrogen) atoms. The molecule has 2 aromatic heterocycles. The lowest BCUT2D eigenvalue weighted by atomic mass is 10.1. The van der Waals surface area contributed by atoms with Gasteiger partial charge in [-0.1, -0.05) is 22.0 Å². The summed E-state index contributed by atoms with van der Waals surface area (Å²) in [7, 11) is 1.73. The highest BCUT2D eigenvalue weighted by molar-refractivity contribution is 9.10. The number of aromatic nitrogens is 4. The van der Waals surface area contributed by atoms with Crippen molar-refractivity contribution in [2.75, 3.05) is 11.9 Å². The van der Waals surface area contributed by atoms with Gasteiger partial charge in [0.1, 0.15) is 11.9 Å². The third-order valence-corrected chi connectivity index (χ3v) is 5.36. The molecule has 0 aliphatic carbocycles. The Morgan fingerprint density at radius 1 is 1.31 bits per heavy atom. The highest BCUT2D eigenvalue weighted by Crippen LogP contribution is 2.29. The van der Waals surface area contributed by atoms with E-state index in [9.17, 15) is 9.59 Å². The Morgan fingerprint density at radius 2 is 2.10 bits per heavy atom. The summed E-state index contributed by atoms with van der Waals surface area (Å²) < 4.78 is 2.12. The fourth-order valence-electron chi connectivity index (χ4n) is 3.35. The van der Waals surface area contributed by atoms with E-state index in [1.807, 2.05) is 18.2 Å². The van der Waals surface area contributed by atoms with E-state index in [2.05, 4.69) is 36.3 Å². The number of carbonyl (C=O) groups excluding carboxylic acids is 2. The first-order valence-corrected chi connectivity index (χ1v) is 9.97. The molecule has 1 aliphatic rings. The predicted octanol–water partition coefficient (Wildman–Crippen LogP) is 2.56. The molecule has 0 unspecified atom stereocenters. The Bertz CT molecular complexity index is 1050. The van der Waals surface area contributed by atoms with Crippen molar-refractivity contribution in [3.8, 4) is 0 Å². The predicted molar refractivity (Wildman–Crippen MR) is 111 cm³/mol. The van der Waals surface area contributed by atoms with Crippen molar-refractivity contribution in [1.82, 2.24) is 25.1 Å². The number of nitrogens with one attached hydrogen (secondary N) is 1. The Morgan fingerprint density at radius 3 is 2.90 bits per heavy atom. The lowest BCUT2D eigenvalue weighted by Crippen LogP contribution is -2.48. The largest absolute Gasteiger partial charge is 0.342 e. The molecule has 8 nitrogen and oxygen atoms in total. The number of hydrogen-bond donors (Lipinski definition) is 1. The molecule has 9 heteroatoms. The van der Waals surface area contributed by atoms with E-state index in [1.165, 1.54) is 4.68 Å². The molecule has 1 aliphatic heterocycles. The quantitative estimate of drug-likeness (QED) is 0.656. The third kappa shape index (κ3) is 4.19. The average molecular weight is 455 g/mol. The first kappa shape index (κ1) is 19.3. The topological polar surface area (TPSA) is 93.0 Å². The van der Waals surface area contributed by atoms with Gasteiger partial charge in [-0.3, -0.25) is 4.79 Å². The van der Waals surface area contributed by atoms with Crippen molar-refractivity contribution < 1.29 is 9.59 Å². The molecule has 4 rings (SSSR count). The van der Waals surface area contributed by atoms with E-state index in [4.69, 9.17) is 0 Å².